The van der Waals surface area contributed by atoms with E-state index in [-0.39, 0.29) is 12.3 Å². The third-order valence-electron chi connectivity index (χ3n) is 3.10. The van der Waals surface area contributed by atoms with Gasteiger partial charge in [0, 0.05) is 19.2 Å². The molecule has 0 aliphatic rings. The molecule has 0 aromatic carbocycles. The van der Waals surface area contributed by atoms with Gasteiger partial charge in [0.2, 0.25) is 0 Å². The van der Waals surface area contributed by atoms with Crippen LogP contribution in [-0.2, 0) is 17.2 Å². The summed E-state index contributed by atoms with van der Waals surface area (Å²) in [6.45, 7) is 29.1. The molecular formula is C25H41NO2S2. The molecule has 2 N–H and O–H groups in total. The van der Waals surface area contributed by atoms with E-state index in [0.717, 1.165) is 14.8 Å². The van der Waals surface area contributed by atoms with Crippen LogP contribution in [-0.4, -0.2) is 20.4 Å². The van der Waals surface area contributed by atoms with Gasteiger partial charge < -0.3 is 5.48 Å². The molecule has 170 valence electrons. The first-order chi connectivity index (χ1) is 13.3. The molecule has 0 aliphatic carbocycles. The van der Waals surface area contributed by atoms with Gasteiger partial charge in [-0.25, -0.2) is 4.98 Å². The molecule has 1 heterocycles. The highest BCUT2D eigenvalue weighted by atomic mass is 32.2. The minimum atomic E-state index is -1.03. The SMILES string of the molecule is C#CC(=C)Cc1ncc(S(=O)CC(=C)C)s1.C=C(C)C.C=C/C(=C\C)C(C)(C)C.O.[HH]. The monoisotopic (exact) mass is 451 g/mol. The van der Waals surface area contributed by atoms with Gasteiger partial charge in [-0.2, -0.15) is 0 Å². The van der Waals surface area contributed by atoms with Gasteiger partial charge in [0.25, 0.3) is 0 Å². The van der Waals surface area contributed by atoms with E-state index in [4.69, 9.17) is 6.42 Å². The minimum Gasteiger partial charge on any atom is -0.412 e. The molecular weight excluding hydrogens is 410 g/mol. The molecule has 1 rings (SSSR count). The normalized spacial score (nSPS) is 11.2. The van der Waals surface area contributed by atoms with E-state index in [9.17, 15) is 4.21 Å². The second kappa shape index (κ2) is 16.8. The Morgan fingerprint density at radius 2 is 1.80 bits per heavy atom. The van der Waals surface area contributed by atoms with Crippen LogP contribution in [0.5, 0.6) is 0 Å². The summed E-state index contributed by atoms with van der Waals surface area (Å²) in [6.07, 6.45) is 11.4. The summed E-state index contributed by atoms with van der Waals surface area (Å²) in [6, 6.07) is 0. The molecule has 5 heteroatoms. The highest BCUT2D eigenvalue weighted by molar-refractivity contribution is 7.87. The maximum absolute atomic E-state index is 11.8. The van der Waals surface area contributed by atoms with E-state index in [1.165, 1.54) is 22.5 Å². The molecule has 0 aliphatic heterocycles. The van der Waals surface area contributed by atoms with Crippen molar-refractivity contribution in [2.45, 2.75) is 59.1 Å². The zero-order chi connectivity index (χ0) is 23.2. The van der Waals surface area contributed by atoms with Crippen LogP contribution in [0.4, 0.5) is 0 Å². The minimum absolute atomic E-state index is 0. The van der Waals surface area contributed by atoms with Crippen molar-refractivity contribution in [1.82, 2.24) is 4.98 Å². The lowest BCUT2D eigenvalue weighted by Crippen LogP contribution is -2.06. The first-order valence-electron chi connectivity index (χ1n) is 9.31. The predicted molar refractivity (Wildman–Crippen MR) is 140 cm³/mol. The van der Waals surface area contributed by atoms with Gasteiger partial charge >= 0.3 is 0 Å². The lowest BCUT2D eigenvalue weighted by molar-refractivity contribution is 0.516. The van der Waals surface area contributed by atoms with E-state index >= 15 is 0 Å². The Labute approximate surface area is 192 Å². The number of rotatable bonds is 6. The molecule has 3 nitrogen and oxygen atoms in total. The first-order valence-corrected chi connectivity index (χ1v) is 11.4. The van der Waals surface area contributed by atoms with E-state index in [1.807, 2.05) is 33.8 Å². The summed E-state index contributed by atoms with van der Waals surface area (Å²) in [7, 11) is -1.03. The number of nitrogens with zero attached hydrogens (tertiary/aromatic N) is 1. The molecule has 1 aromatic heterocycles. The lowest BCUT2D eigenvalue weighted by atomic mass is 9.86. The summed E-state index contributed by atoms with van der Waals surface area (Å²) in [5.74, 6) is 2.95. The third kappa shape index (κ3) is 16.9. The van der Waals surface area contributed by atoms with Crippen molar-refractivity contribution in [2.24, 2.45) is 5.41 Å². The largest absolute Gasteiger partial charge is 0.412 e. The van der Waals surface area contributed by atoms with Crippen LogP contribution in [0, 0.1) is 17.8 Å². The van der Waals surface area contributed by atoms with Crippen LogP contribution < -0.4 is 0 Å². The van der Waals surface area contributed by atoms with Crippen LogP contribution in [0.25, 0.3) is 0 Å². The zero-order valence-electron chi connectivity index (χ0n) is 19.7. The van der Waals surface area contributed by atoms with Crippen molar-refractivity contribution in [3.63, 3.8) is 0 Å². The summed E-state index contributed by atoms with van der Waals surface area (Å²) in [5, 5.41) is 0.855. The summed E-state index contributed by atoms with van der Waals surface area (Å²) in [5.41, 5.74) is 4.33. The summed E-state index contributed by atoms with van der Waals surface area (Å²) >= 11 is 1.42. The Balaban J connectivity index is -0.000000208. The van der Waals surface area contributed by atoms with Crippen molar-refractivity contribution in [3.05, 3.63) is 72.0 Å². The lowest BCUT2D eigenvalue weighted by Gasteiger charge is -2.19. The smallest absolute Gasteiger partial charge is 0.111 e. The maximum atomic E-state index is 11.8. The topological polar surface area (TPSA) is 61.5 Å². The molecule has 1 unspecified atom stereocenters. The number of thiazole rings is 1. The van der Waals surface area contributed by atoms with Crippen LogP contribution >= 0.6 is 11.3 Å². The average molecular weight is 452 g/mol. The van der Waals surface area contributed by atoms with Gasteiger partial charge in [0.15, 0.2) is 0 Å². The Morgan fingerprint density at radius 3 is 2.10 bits per heavy atom. The Morgan fingerprint density at radius 1 is 1.30 bits per heavy atom. The fraction of sp³-hybridized carbons (Fsp3) is 0.400. The van der Waals surface area contributed by atoms with E-state index in [0.29, 0.717) is 17.7 Å². The Hall–Kier alpha value is -2.00. The summed E-state index contributed by atoms with van der Waals surface area (Å²) in [4.78, 5) is 4.17. The van der Waals surface area contributed by atoms with Crippen LogP contribution in [0.3, 0.4) is 0 Å². The number of allylic oxidation sites excluding steroid dienone is 5. The van der Waals surface area contributed by atoms with Gasteiger partial charge in [0.1, 0.15) is 4.21 Å². The second-order valence-corrected chi connectivity index (χ2v) is 10.6. The first kappa shape index (κ1) is 32.7. The van der Waals surface area contributed by atoms with E-state index in [1.54, 1.807) is 6.20 Å². The van der Waals surface area contributed by atoms with Gasteiger partial charge in [-0.1, -0.05) is 69.7 Å². The molecule has 30 heavy (non-hydrogen) atoms. The Kier molecular flexibility index (Phi) is 18.2. The zero-order valence-corrected chi connectivity index (χ0v) is 21.4. The van der Waals surface area contributed by atoms with Crippen LogP contribution in [0.1, 0.15) is 54.9 Å². The van der Waals surface area contributed by atoms with Crippen molar-refractivity contribution < 1.29 is 11.1 Å². The van der Waals surface area contributed by atoms with Crippen LogP contribution in [0.2, 0.25) is 0 Å². The summed E-state index contributed by atoms with van der Waals surface area (Å²) < 4.78 is 12.5. The number of hydrogen-bond acceptors (Lipinski definition) is 3. The number of aromatic nitrogens is 1. The molecule has 0 spiro atoms. The number of terminal acetylenes is 1. The molecule has 0 amide bonds. The van der Waals surface area contributed by atoms with E-state index in [2.05, 4.69) is 64.1 Å². The molecule has 0 fully saturated rings. The van der Waals surface area contributed by atoms with E-state index < -0.39 is 10.8 Å². The van der Waals surface area contributed by atoms with Crippen molar-refractivity contribution in [1.29, 1.82) is 0 Å². The quantitative estimate of drug-likeness (QED) is 0.273. The van der Waals surface area contributed by atoms with Gasteiger partial charge in [-0.3, -0.25) is 4.21 Å². The third-order valence-corrected chi connectivity index (χ3v) is 6.01. The fourth-order valence-electron chi connectivity index (χ4n) is 1.87. The maximum Gasteiger partial charge on any atom is 0.111 e. The molecule has 0 radical (unpaired) electrons. The predicted octanol–water partition coefficient (Wildman–Crippen LogP) is 6.73. The molecule has 0 saturated heterocycles. The second-order valence-electron chi connectivity index (χ2n) is 7.85. The van der Waals surface area contributed by atoms with Crippen molar-refractivity contribution >= 4 is 22.1 Å². The van der Waals surface area contributed by atoms with Crippen LogP contribution in [0.15, 0.2) is 71.2 Å². The van der Waals surface area contributed by atoms with Gasteiger partial charge in [-0.15, -0.1) is 24.3 Å². The standard InChI is InChI=1S/C12H13NOS2.C9H16.C4H8.H2O.H2/c1-5-10(4)6-11-13-7-12(15-11)16(14)8-9(2)3;1-6-8(7-2)9(3,4)5;1-4(2)3;;/h1,7H,2,4,6,8H2,3H3;6-7H,1H2,2-5H3;1H2,2-3H3;1H2;1H/b;8-7+;;;. The number of hydrogen-bond donors (Lipinski definition) is 0. The van der Waals surface area contributed by atoms with Crippen molar-refractivity contribution in [3.8, 4) is 12.3 Å². The highest BCUT2D eigenvalue weighted by Crippen LogP contribution is 2.25. The van der Waals surface area contributed by atoms with Gasteiger partial charge in [0.05, 0.1) is 22.0 Å². The van der Waals surface area contributed by atoms with Crippen molar-refractivity contribution in [2.75, 3.05) is 5.75 Å². The Bertz CT molecular complexity index is 802. The molecule has 1 atom stereocenters. The molecule has 0 bridgehead atoms. The molecule has 0 saturated carbocycles. The average Bonchev–Trinajstić information content (AvgIpc) is 3.02. The fourth-order valence-corrected chi connectivity index (χ4v) is 4.15. The highest BCUT2D eigenvalue weighted by Gasteiger charge is 2.12. The molecule has 1 aromatic rings. The van der Waals surface area contributed by atoms with Gasteiger partial charge in [-0.05, 0) is 38.7 Å².